The summed E-state index contributed by atoms with van der Waals surface area (Å²) in [5.41, 5.74) is 1.20. The van der Waals surface area contributed by atoms with Crippen molar-refractivity contribution < 1.29 is 9.59 Å². The van der Waals surface area contributed by atoms with E-state index in [2.05, 4.69) is 9.80 Å². The Balaban J connectivity index is 1.37. The van der Waals surface area contributed by atoms with Crippen molar-refractivity contribution in [2.24, 2.45) is 11.8 Å². The highest BCUT2D eigenvalue weighted by atomic mass is 32.1. The topological polar surface area (TPSA) is 56.8 Å². The molecule has 0 saturated carbocycles. The van der Waals surface area contributed by atoms with Crippen LogP contribution >= 0.6 is 11.3 Å². The van der Waals surface area contributed by atoms with Crippen LogP contribution in [0.1, 0.15) is 50.1 Å². The number of hydrogen-bond acceptors (Lipinski definition) is 5. The number of hydrogen-bond donors (Lipinski definition) is 0. The molecule has 4 rings (SSSR count). The highest BCUT2D eigenvalue weighted by Gasteiger charge is 2.32. The van der Waals surface area contributed by atoms with Gasteiger partial charge in [0.15, 0.2) is 5.13 Å². The Morgan fingerprint density at radius 3 is 2.39 bits per heavy atom. The number of carbonyl (C=O) groups excluding carboxylic acids is 2. The zero-order valence-electron chi connectivity index (χ0n) is 17.2. The normalized spacial score (nSPS) is 23.1. The molecule has 154 valence electrons. The van der Waals surface area contributed by atoms with Crippen molar-refractivity contribution in [2.75, 3.05) is 44.2 Å². The predicted octanol–water partition coefficient (Wildman–Crippen LogP) is 2.57. The number of aryl methyl sites for hydroxylation is 1. The minimum atomic E-state index is 0.0631. The van der Waals surface area contributed by atoms with Gasteiger partial charge in [-0.2, -0.15) is 0 Å². The van der Waals surface area contributed by atoms with Gasteiger partial charge in [-0.25, -0.2) is 4.98 Å². The van der Waals surface area contributed by atoms with Crippen LogP contribution in [0.15, 0.2) is 0 Å². The number of fused-ring (bicyclic) bond motifs is 1. The molecule has 0 spiro atoms. The van der Waals surface area contributed by atoms with E-state index < -0.39 is 0 Å². The third-order valence-electron chi connectivity index (χ3n) is 6.30. The smallest absolute Gasteiger partial charge is 0.226 e. The molecule has 3 heterocycles. The van der Waals surface area contributed by atoms with Gasteiger partial charge in [-0.15, -0.1) is 11.3 Å². The number of likely N-dealkylation sites (tertiary alicyclic amines) is 1. The lowest BCUT2D eigenvalue weighted by Gasteiger charge is -2.35. The molecule has 3 aliphatic rings. The largest absolute Gasteiger partial charge is 0.345 e. The SMILES string of the molecule is CC(C)C(=O)N1CCN(c2nc3c(s2)C[C@H](C(=O)N2CCCCC2)CC3)CC1. The molecule has 1 aromatic rings. The van der Waals surface area contributed by atoms with Crippen LogP contribution < -0.4 is 4.90 Å². The van der Waals surface area contributed by atoms with Crippen LogP contribution in [0.2, 0.25) is 0 Å². The number of anilines is 1. The summed E-state index contributed by atoms with van der Waals surface area (Å²) in [6.45, 7) is 9.05. The van der Waals surface area contributed by atoms with E-state index in [1.54, 1.807) is 11.3 Å². The van der Waals surface area contributed by atoms with E-state index in [-0.39, 0.29) is 17.7 Å². The third kappa shape index (κ3) is 4.04. The molecule has 2 saturated heterocycles. The van der Waals surface area contributed by atoms with E-state index in [1.807, 2.05) is 18.7 Å². The average Bonchev–Trinajstić information content (AvgIpc) is 3.16. The van der Waals surface area contributed by atoms with Gasteiger partial charge in [0.25, 0.3) is 0 Å². The molecule has 0 bridgehead atoms. The van der Waals surface area contributed by atoms with Gasteiger partial charge in [0.05, 0.1) is 5.69 Å². The van der Waals surface area contributed by atoms with Crippen molar-refractivity contribution >= 4 is 28.3 Å². The number of piperidine rings is 1. The van der Waals surface area contributed by atoms with Gasteiger partial charge in [-0.05, 0) is 38.5 Å². The zero-order chi connectivity index (χ0) is 19.7. The Kier molecular flexibility index (Phi) is 5.90. The maximum absolute atomic E-state index is 12.9. The second kappa shape index (κ2) is 8.39. The minimum Gasteiger partial charge on any atom is -0.345 e. The van der Waals surface area contributed by atoms with Crippen LogP contribution in [-0.4, -0.2) is 65.9 Å². The Labute approximate surface area is 171 Å². The molecule has 28 heavy (non-hydrogen) atoms. The molecule has 1 atom stereocenters. The maximum atomic E-state index is 12.9. The summed E-state index contributed by atoms with van der Waals surface area (Å²) >= 11 is 1.77. The number of nitrogens with zero attached hydrogens (tertiary/aromatic N) is 4. The third-order valence-corrected chi connectivity index (χ3v) is 7.48. The number of thiazole rings is 1. The monoisotopic (exact) mass is 404 g/mol. The first kappa shape index (κ1) is 19.7. The standard InChI is InChI=1S/C21H32N4O2S/c1-15(2)19(26)24-10-12-25(13-11-24)21-22-17-7-6-16(14-18(17)28-21)20(27)23-8-4-3-5-9-23/h15-16H,3-14H2,1-2H3/t16-/m1/s1. The first-order valence-electron chi connectivity index (χ1n) is 10.8. The van der Waals surface area contributed by atoms with Crippen molar-refractivity contribution in [2.45, 2.75) is 52.4 Å². The van der Waals surface area contributed by atoms with Gasteiger partial charge in [-0.3, -0.25) is 9.59 Å². The molecule has 0 N–H and O–H groups in total. The molecule has 1 aromatic heterocycles. The highest BCUT2D eigenvalue weighted by molar-refractivity contribution is 7.15. The molecular weight excluding hydrogens is 372 g/mol. The Bertz CT molecular complexity index is 718. The van der Waals surface area contributed by atoms with Crippen LogP contribution in [0.25, 0.3) is 0 Å². The van der Waals surface area contributed by atoms with Crippen LogP contribution in [-0.2, 0) is 22.4 Å². The molecule has 2 aliphatic heterocycles. The first-order valence-corrected chi connectivity index (χ1v) is 11.7. The van der Waals surface area contributed by atoms with E-state index in [0.29, 0.717) is 5.91 Å². The van der Waals surface area contributed by atoms with Crippen molar-refractivity contribution in [3.63, 3.8) is 0 Å². The van der Waals surface area contributed by atoms with Gasteiger partial charge in [-0.1, -0.05) is 13.8 Å². The molecule has 0 unspecified atom stereocenters. The second-order valence-electron chi connectivity index (χ2n) is 8.66. The van der Waals surface area contributed by atoms with E-state index in [4.69, 9.17) is 4.98 Å². The predicted molar refractivity (Wildman–Crippen MR) is 112 cm³/mol. The fourth-order valence-corrected chi connectivity index (χ4v) is 5.80. The van der Waals surface area contributed by atoms with Crippen LogP contribution in [0, 0.1) is 11.8 Å². The maximum Gasteiger partial charge on any atom is 0.226 e. The van der Waals surface area contributed by atoms with E-state index >= 15 is 0 Å². The van der Waals surface area contributed by atoms with Crippen molar-refractivity contribution in [1.29, 1.82) is 0 Å². The Hall–Kier alpha value is -1.63. The fourth-order valence-electron chi connectivity index (χ4n) is 4.56. The number of piperazine rings is 1. The summed E-state index contributed by atoms with van der Waals surface area (Å²) in [4.78, 5) is 37.7. The van der Waals surface area contributed by atoms with Crippen LogP contribution in [0.5, 0.6) is 0 Å². The number of aromatic nitrogens is 1. The minimum absolute atomic E-state index is 0.0631. The lowest BCUT2D eigenvalue weighted by Crippen LogP contribution is -2.49. The van der Waals surface area contributed by atoms with Gasteiger partial charge in [0.2, 0.25) is 11.8 Å². The number of carbonyl (C=O) groups is 2. The lowest BCUT2D eigenvalue weighted by atomic mass is 9.89. The molecular formula is C21H32N4O2S. The van der Waals surface area contributed by atoms with Gasteiger partial charge in [0, 0.05) is 56.0 Å². The van der Waals surface area contributed by atoms with E-state index in [9.17, 15) is 9.59 Å². The van der Waals surface area contributed by atoms with Gasteiger partial charge < -0.3 is 14.7 Å². The Morgan fingerprint density at radius 2 is 1.71 bits per heavy atom. The molecule has 7 heteroatoms. The molecule has 0 aromatic carbocycles. The van der Waals surface area contributed by atoms with Gasteiger partial charge in [0.1, 0.15) is 0 Å². The summed E-state index contributed by atoms with van der Waals surface area (Å²) in [5, 5.41) is 1.08. The molecule has 1 aliphatic carbocycles. The van der Waals surface area contributed by atoms with Crippen molar-refractivity contribution in [3.8, 4) is 0 Å². The molecule has 0 radical (unpaired) electrons. The van der Waals surface area contributed by atoms with Crippen molar-refractivity contribution in [3.05, 3.63) is 10.6 Å². The van der Waals surface area contributed by atoms with Gasteiger partial charge >= 0.3 is 0 Å². The quantitative estimate of drug-likeness (QED) is 0.777. The molecule has 6 nitrogen and oxygen atoms in total. The summed E-state index contributed by atoms with van der Waals surface area (Å²) in [6, 6.07) is 0. The zero-order valence-corrected chi connectivity index (χ0v) is 18.0. The second-order valence-corrected chi connectivity index (χ2v) is 9.72. The van der Waals surface area contributed by atoms with E-state index in [0.717, 1.165) is 76.5 Å². The lowest BCUT2D eigenvalue weighted by molar-refractivity contribution is -0.137. The summed E-state index contributed by atoms with van der Waals surface area (Å²) in [7, 11) is 0. The average molecular weight is 405 g/mol. The highest BCUT2D eigenvalue weighted by Crippen LogP contribution is 2.35. The number of rotatable bonds is 3. The van der Waals surface area contributed by atoms with Crippen LogP contribution in [0.4, 0.5) is 5.13 Å². The summed E-state index contributed by atoms with van der Waals surface area (Å²) < 4.78 is 0. The van der Waals surface area contributed by atoms with E-state index in [1.165, 1.54) is 17.0 Å². The first-order chi connectivity index (χ1) is 13.5. The molecule has 2 fully saturated rings. The summed E-state index contributed by atoms with van der Waals surface area (Å²) in [5.74, 6) is 0.811. The summed E-state index contributed by atoms with van der Waals surface area (Å²) in [6.07, 6.45) is 6.27. The number of amides is 2. The van der Waals surface area contributed by atoms with Crippen molar-refractivity contribution in [1.82, 2.24) is 14.8 Å². The molecule has 2 amide bonds. The Morgan fingerprint density at radius 1 is 1.00 bits per heavy atom. The fraction of sp³-hybridized carbons (Fsp3) is 0.762. The van der Waals surface area contributed by atoms with Crippen LogP contribution in [0.3, 0.4) is 0 Å².